The first-order valence-electron chi connectivity index (χ1n) is 6.45. The molecule has 2 aromatic rings. The molecule has 0 radical (unpaired) electrons. The van der Waals surface area contributed by atoms with Crippen LogP contribution in [0.25, 0.3) is 0 Å². The summed E-state index contributed by atoms with van der Waals surface area (Å²) in [5, 5.41) is 2.75. The number of benzene rings is 2. The minimum atomic E-state index is -0.565. The molecule has 0 fully saturated rings. The van der Waals surface area contributed by atoms with Crippen LogP contribution in [-0.2, 0) is 11.2 Å². The van der Waals surface area contributed by atoms with E-state index in [4.69, 9.17) is 4.74 Å². The fraction of sp³-hybridized carbons (Fsp3) is 0.188. The Balaban J connectivity index is 2.22. The number of methoxy groups -OCH3 is 1. The molecule has 0 atom stereocenters. The van der Waals surface area contributed by atoms with Crippen molar-refractivity contribution in [2.75, 3.05) is 19.0 Å². The number of hydrogen-bond donors (Lipinski definition) is 1. The van der Waals surface area contributed by atoms with Gasteiger partial charge in [-0.3, -0.25) is 4.79 Å². The zero-order valence-electron chi connectivity index (χ0n) is 11.5. The average molecular weight is 352 g/mol. The summed E-state index contributed by atoms with van der Waals surface area (Å²) in [6.07, 6.45) is 0.675. The second-order valence-electron chi connectivity index (χ2n) is 4.46. The number of ether oxygens (including phenoxy) is 1. The molecule has 0 saturated heterocycles. The predicted octanol–water partition coefficient (Wildman–Crippen LogP) is 4.03. The topological polar surface area (TPSA) is 38.3 Å². The SMILES string of the molecule is COCCc1ccccc1NC(=O)c1cccc(Br)c1F. The van der Waals surface area contributed by atoms with Crippen LogP contribution in [0.2, 0.25) is 0 Å². The van der Waals surface area contributed by atoms with Crippen molar-refractivity contribution in [3.63, 3.8) is 0 Å². The van der Waals surface area contributed by atoms with Gasteiger partial charge in [-0.05, 0) is 46.1 Å². The second kappa shape index (κ2) is 7.33. The molecular formula is C16H15BrFNO2. The van der Waals surface area contributed by atoms with Gasteiger partial charge in [0.2, 0.25) is 0 Å². The van der Waals surface area contributed by atoms with Crippen LogP contribution in [-0.4, -0.2) is 19.6 Å². The van der Waals surface area contributed by atoms with E-state index in [0.717, 1.165) is 5.56 Å². The van der Waals surface area contributed by atoms with E-state index in [0.29, 0.717) is 18.7 Å². The van der Waals surface area contributed by atoms with Crippen LogP contribution in [0.3, 0.4) is 0 Å². The molecule has 21 heavy (non-hydrogen) atoms. The minimum Gasteiger partial charge on any atom is -0.384 e. The fourth-order valence-corrected chi connectivity index (χ4v) is 2.31. The Bertz CT molecular complexity index is 646. The quantitative estimate of drug-likeness (QED) is 0.882. The molecule has 0 bridgehead atoms. The highest BCUT2D eigenvalue weighted by atomic mass is 79.9. The summed E-state index contributed by atoms with van der Waals surface area (Å²) in [5.74, 6) is -1.04. The van der Waals surface area contributed by atoms with Gasteiger partial charge in [0.15, 0.2) is 0 Å². The van der Waals surface area contributed by atoms with Gasteiger partial charge in [-0.2, -0.15) is 0 Å². The number of halogens is 2. The van der Waals surface area contributed by atoms with Crippen molar-refractivity contribution in [2.24, 2.45) is 0 Å². The molecular weight excluding hydrogens is 337 g/mol. The van der Waals surface area contributed by atoms with Crippen molar-refractivity contribution in [1.29, 1.82) is 0 Å². The van der Waals surface area contributed by atoms with E-state index < -0.39 is 11.7 Å². The molecule has 3 nitrogen and oxygen atoms in total. The van der Waals surface area contributed by atoms with Gasteiger partial charge >= 0.3 is 0 Å². The Kier molecular flexibility index (Phi) is 5.47. The van der Waals surface area contributed by atoms with Gasteiger partial charge in [0.05, 0.1) is 16.6 Å². The molecule has 0 heterocycles. The zero-order valence-corrected chi connectivity index (χ0v) is 13.1. The molecule has 1 N–H and O–H groups in total. The molecule has 2 aromatic carbocycles. The monoisotopic (exact) mass is 351 g/mol. The van der Waals surface area contributed by atoms with Crippen molar-refractivity contribution >= 4 is 27.5 Å². The van der Waals surface area contributed by atoms with Crippen LogP contribution in [0.1, 0.15) is 15.9 Å². The van der Waals surface area contributed by atoms with E-state index in [1.165, 1.54) is 6.07 Å². The van der Waals surface area contributed by atoms with Crippen LogP contribution in [0.15, 0.2) is 46.9 Å². The summed E-state index contributed by atoms with van der Waals surface area (Å²) in [7, 11) is 1.62. The smallest absolute Gasteiger partial charge is 0.258 e. The maximum absolute atomic E-state index is 13.9. The van der Waals surface area contributed by atoms with Gasteiger partial charge < -0.3 is 10.1 Å². The third kappa shape index (κ3) is 3.89. The number of amides is 1. The number of carbonyl (C=O) groups excluding carboxylic acids is 1. The highest BCUT2D eigenvalue weighted by Gasteiger charge is 2.15. The van der Waals surface area contributed by atoms with Crippen molar-refractivity contribution in [3.05, 3.63) is 63.9 Å². The lowest BCUT2D eigenvalue weighted by Crippen LogP contribution is -2.15. The van der Waals surface area contributed by atoms with E-state index in [-0.39, 0.29) is 10.0 Å². The van der Waals surface area contributed by atoms with Gasteiger partial charge in [0.1, 0.15) is 5.82 Å². The summed E-state index contributed by atoms with van der Waals surface area (Å²) in [6.45, 7) is 0.554. The Labute approximate surface area is 131 Å². The molecule has 0 saturated carbocycles. The minimum absolute atomic E-state index is 0.00548. The maximum atomic E-state index is 13.9. The Morgan fingerprint density at radius 2 is 2.00 bits per heavy atom. The third-order valence-corrected chi connectivity index (χ3v) is 3.65. The second-order valence-corrected chi connectivity index (χ2v) is 5.31. The fourth-order valence-electron chi connectivity index (χ4n) is 1.94. The van der Waals surface area contributed by atoms with Crippen LogP contribution in [0.5, 0.6) is 0 Å². The first-order chi connectivity index (χ1) is 10.1. The summed E-state index contributed by atoms with van der Waals surface area (Å²) in [6, 6.07) is 12.0. The number of anilines is 1. The summed E-state index contributed by atoms with van der Waals surface area (Å²) >= 11 is 3.08. The first-order valence-corrected chi connectivity index (χ1v) is 7.25. The lowest BCUT2D eigenvalue weighted by molar-refractivity contribution is 0.102. The Hall–Kier alpha value is -1.72. The molecule has 0 aromatic heterocycles. The average Bonchev–Trinajstić information content (AvgIpc) is 2.49. The Morgan fingerprint density at radius 1 is 1.24 bits per heavy atom. The number of para-hydroxylation sites is 1. The molecule has 0 unspecified atom stereocenters. The number of nitrogens with one attached hydrogen (secondary N) is 1. The highest BCUT2D eigenvalue weighted by molar-refractivity contribution is 9.10. The number of rotatable bonds is 5. The maximum Gasteiger partial charge on any atom is 0.258 e. The van der Waals surface area contributed by atoms with Gasteiger partial charge in [-0.1, -0.05) is 24.3 Å². The highest BCUT2D eigenvalue weighted by Crippen LogP contribution is 2.21. The largest absolute Gasteiger partial charge is 0.384 e. The molecule has 1 amide bonds. The molecule has 0 aliphatic heterocycles. The lowest BCUT2D eigenvalue weighted by Gasteiger charge is -2.11. The van der Waals surface area contributed by atoms with Crippen LogP contribution in [0, 0.1) is 5.82 Å². The van der Waals surface area contributed by atoms with Gasteiger partial charge in [0, 0.05) is 12.8 Å². The van der Waals surface area contributed by atoms with Gasteiger partial charge in [0.25, 0.3) is 5.91 Å². The summed E-state index contributed by atoms with van der Waals surface area (Å²) in [4.78, 5) is 12.2. The molecule has 0 spiro atoms. The normalized spacial score (nSPS) is 10.4. The van der Waals surface area contributed by atoms with Crippen LogP contribution >= 0.6 is 15.9 Å². The molecule has 110 valence electrons. The molecule has 2 rings (SSSR count). The Morgan fingerprint density at radius 3 is 2.76 bits per heavy atom. The van der Waals surface area contributed by atoms with E-state index >= 15 is 0 Å². The lowest BCUT2D eigenvalue weighted by atomic mass is 10.1. The molecule has 0 aliphatic rings. The first kappa shape index (κ1) is 15.7. The van der Waals surface area contributed by atoms with E-state index in [9.17, 15) is 9.18 Å². The molecule has 0 aliphatic carbocycles. The van der Waals surface area contributed by atoms with Crippen molar-refractivity contribution in [1.82, 2.24) is 0 Å². The van der Waals surface area contributed by atoms with E-state index in [1.54, 1.807) is 25.3 Å². The van der Waals surface area contributed by atoms with Crippen molar-refractivity contribution in [3.8, 4) is 0 Å². The standard InChI is InChI=1S/C16H15BrFNO2/c1-21-10-9-11-5-2-3-8-14(11)19-16(20)12-6-4-7-13(17)15(12)18/h2-8H,9-10H2,1H3,(H,19,20). The van der Waals surface area contributed by atoms with Crippen LogP contribution in [0.4, 0.5) is 10.1 Å². The van der Waals surface area contributed by atoms with Gasteiger partial charge in [-0.25, -0.2) is 4.39 Å². The van der Waals surface area contributed by atoms with Crippen molar-refractivity contribution in [2.45, 2.75) is 6.42 Å². The third-order valence-electron chi connectivity index (χ3n) is 3.04. The van der Waals surface area contributed by atoms with Gasteiger partial charge in [-0.15, -0.1) is 0 Å². The van der Waals surface area contributed by atoms with E-state index in [1.807, 2.05) is 18.2 Å². The van der Waals surface area contributed by atoms with Crippen LogP contribution < -0.4 is 5.32 Å². The molecule has 5 heteroatoms. The summed E-state index contributed by atoms with van der Waals surface area (Å²) < 4.78 is 19.2. The zero-order chi connectivity index (χ0) is 15.2. The van der Waals surface area contributed by atoms with Crippen molar-refractivity contribution < 1.29 is 13.9 Å². The number of hydrogen-bond acceptors (Lipinski definition) is 2. The van der Waals surface area contributed by atoms with E-state index in [2.05, 4.69) is 21.2 Å². The number of carbonyl (C=O) groups is 1. The summed E-state index contributed by atoms with van der Waals surface area (Å²) in [5.41, 5.74) is 1.62. The predicted molar refractivity (Wildman–Crippen MR) is 84.1 cm³/mol.